The third-order valence-corrected chi connectivity index (χ3v) is 4.27. The summed E-state index contributed by atoms with van der Waals surface area (Å²) in [4.78, 5) is 0. The average Bonchev–Trinajstić information content (AvgIpc) is 2.88. The van der Waals surface area contributed by atoms with Crippen molar-refractivity contribution in [1.82, 2.24) is 14.8 Å². The van der Waals surface area contributed by atoms with Gasteiger partial charge in [0.05, 0.1) is 19.3 Å². The number of aryl methyl sites for hydroxylation is 1. The Bertz CT molecular complexity index is 817. The standard InChI is InChI=1S/C19H22N4O2/c1-3-25-17-12-14(8-9-16(17)24-2)11-15(13-20)19-22-21-18-7-5-4-6-10-23(18)19/h8-9,11-12H,3-7,10H2,1-2H3/b15-11+. The molecule has 25 heavy (non-hydrogen) atoms. The van der Waals surface area contributed by atoms with E-state index in [1.807, 2.05) is 31.2 Å². The quantitative estimate of drug-likeness (QED) is 0.781. The molecule has 1 aromatic heterocycles. The van der Waals surface area contributed by atoms with Gasteiger partial charge in [-0.3, -0.25) is 0 Å². The molecular formula is C19H22N4O2. The zero-order chi connectivity index (χ0) is 17.6. The van der Waals surface area contributed by atoms with Crippen LogP contribution < -0.4 is 9.47 Å². The van der Waals surface area contributed by atoms with Gasteiger partial charge in [0.2, 0.25) is 0 Å². The Morgan fingerprint density at radius 2 is 2.16 bits per heavy atom. The molecular weight excluding hydrogens is 316 g/mol. The van der Waals surface area contributed by atoms with Crippen LogP contribution in [0.25, 0.3) is 11.6 Å². The molecule has 2 heterocycles. The van der Waals surface area contributed by atoms with Crippen molar-refractivity contribution < 1.29 is 9.47 Å². The first-order valence-electron chi connectivity index (χ1n) is 8.62. The van der Waals surface area contributed by atoms with Gasteiger partial charge in [0.1, 0.15) is 11.9 Å². The molecule has 0 N–H and O–H groups in total. The topological polar surface area (TPSA) is 73.0 Å². The van der Waals surface area contributed by atoms with Crippen LogP contribution >= 0.6 is 0 Å². The number of hydrogen-bond donors (Lipinski definition) is 0. The van der Waals surface area contributed by atoms with Crippen LogP contribution in [0.4, 0.5) is 0 Å². The molecule has 0 aliphatic carbocycles. The van der Waals surface area contributed by atoms with E-state index in [-0.39, 0.29) is 0 Å². The van der Waals surface area contributed by atoms with Gasteiger partial charge in [0.25, 0.3) is 0 Å². The second-order valence-electron chi connectivity index (χ2n) is 5.92. The van der Waals surface area contributed by atoms with Gasteiger partial charge >= 0.3 is 0 Å². The van der Waals surface area contributed by atoms with Crippen LogP contribution in [0.5, 0.6) is 11.5 Å². The zero-order valence-corrected chi connectivity index (χ0v) is 14.7. The number of hydrogen-bond acceptors (Lipinski definition) is 5. The van der Waals surface area contributed by atoms with Crippen LogP contribution in [-0.4, -0.2) is 28.5 Å². The lowest BCUT2D eigenvalue weighted by molar-refractivity contribution is 0.311. The van der Waals surface area contributed by atoms with E-state index >= 15 is 0 Å². The first-order valence-corrected chi connectivity index (χ1v) is 8.62. The first kappa shape index (κ1) is 17.0. The number of ether oxygens (including phenoxy) is 2. The minimum atomic E-state index is 0.508. The maximum Gasteiger partial charge on any atom is 0.174 e. The Kier molecular flexibility index (Phi) is 5.34. The molecule has 6 heteroatoms. The summed E-state index contributed by atoms with van der Waals surface area (Å²) in [5, 5.41) is 18.2. The fraction of sp³-hybridized carbons (Fsp3) is 0.421. The van der Waals surface area contributed by atoms with E-state index in [9.17, 15) is 5.26 Å². The number of benzene rings is 1. The normalized spacial score (nSPS) is 14.4. The van der Waals surface area contributed by atoms with Crippen LogP contribution in [0.3, 0.4) is 0 Å². The van der Waals surface area contributed by atoms with Crippen molar-refractivity contribution in [3.05, 3.63) is 35.4 Å². The van der Waals surface area contributed by atoms with Gasteiger partial charge in [0, 0.05) is 13.0 Å². The highest BCUT2D eigenvalue weighted by Crippen LogP contribution is 2.30. The maximum atomic E-state index is 9.65. The van der Waals surface area contributed by atoms with Gasteiger partial charge in [0.15, 0.2) is 17.3 Å². The van der Waals surface area contributed by atoms with Gasteiger partial charge in [-0.15, -0.1) is 10.2 Å². The van der Waals surface area contributed by atoms with Gasteiger partial charge in [-0.1, -0.05) is 12.5 Å². The summed E-state index contributed by atoms with van der Waals surface area (Å²) < 4.78 is 13.0. The van der Waals surface area contributed by atoms with Crippen LogP contribution in [0.1, 0.15) is 43.4 Å². The molecule has 3 rings (SSSR count). The molecule has 0 fully saturated rings. The number of fused-ring (bicyclic) bond motifs is 1. The molecule has 0 saturated heterocycles. The van der Waals surface area contributed by atoms with Crippen LogP contribution in [-0.2, 0) is 13.0 Å². The lowest BCUT2D eigenvalue weighted by Gasteiger charge is -2.10. The van der Waals surface area contributed by atoms with E-state index in [1.165, 1.54) is 6.42 Å². The number of nitrogens with zero attached hydrogens (tertiary/aromatic N) is 4. The molecule has 6 nitrogen and oxygen atoms in total. The molecule has 0 amide bonds. The Labute approximate surface area is 147 Å². The van der Waals surface area contributed by atoms with Crippen molar-refractivity contribution in [2.24, 2.45) is 0 Å². The lowest BCUT2D eigenvalue weighted by atomic mass is 10.1. The molecule has 1 aromatic carbocycles. The van der Waals surface area contributed by atoms with Crippen molar-refractivity contribution in [3.63, 3.8) is 0 Å². The summed E-state index contributed by atoms with van der Waals surface area (Å²) in [6.07, 6.45) is 6.14. The number of aromatic nitrogens is 3. The maximum absolute atomic E-state index is 9.65. The van der Waals surface area contributed by atoms with Crippen LogP contribution in [0.15, 0.2) is 18.2 Å². The van der Waals surface area contributed by atoms with Gasteiger partial charge in [-0.25, -0.2) is 0 Å². The number of rotatable bonds is 5. The van der Waals surface area contributed by atoms with Crippen molar-refractivity contribution >= 4 is 11.6 Å². The minimum Gasteiger partial charge on any atom is -0.493 e. The van der Waals surface area contributed by atoms with E-state index in [0.29, 0.717) is 29.5 Å². The second kappa shape index (κ2) is 7.84. The summed E-state index contributed by atoms with van der Waals surface area (Å²) in [7, 11) is 1.61. The van der Waals surface area contributed by atoms with Crippen LogP contribution in [0, 0.1) is 11.3 Å². The molecule has 0 radical (unpaired) electrons. The van der Waals surface area contributed by atoms with Crippen molar-refractivity contribution in [2.75, 3.05) is 13.7 Å². The Balaban J connectivity index is 1.98. The fourth-order valence-electron chi connectivity index (χ4n) is 3.05. The van der Waals surface area contributed by atoms with Gasteiger partial charge in [-0.05, 0) is 43.5 Å². The van der Waals surface area contributed by atoms with Crippen molar-refractivity contribution in [1.29, 1.82) is 5.26 Å². The smallest absolute Gasteiger partial charge is 0.174 e. The van der Waals surface area contributed by atoms with E-state index in [1.54, 1.807) is 7.11 Å². The third-order valence-electron chi connectivity index (χ3n) is 4.27. The first-order chi connectivity index (χ1) is 12.3. The molecule has 0 spiro atoms. The predicted molar refractivity (Wildman–Crippen MR) is 95.2 cm³/mol. The largest absolute Gasteiger partial charge is 0.493 e. The minimum absolute atomic E-state index is 0.508. The highest BCUT2D eigenvalue weighted by atomic mass is 16.5. The predicted octanol–water partition coefficient (Wildman–Crippen LogP) is 3.48. The second-order valence-corrected chi connectivity index (χ2v) is 5.92. The fourth-order valence-corrected chi connectivity index (χ4v) is 3.05. The highest BCUT2D eigenvalue weighted by Gasteiger charge is 2.17. The molecule has 0 atom stereocenters. The molecule has 1 aliphatic heterocycles. The Morgan fingerprint density at radius 3 is 2.92 bits per heavy atom. The molecule has 0 unspecified atom stereocenters. The molecule has 1 aliphatic rings. The summed E-state index contributed by atoms with van der Waals surface area (Å²) in [5.74, 6) is 2.96. The molecule has 0 saturated carbocycles. The number of methoxy groups -OCH3 is 1. The Hall–Kier alpha value is -2.81. The lowest BCUT2D eigenvalue weighted by Crippen LogP contribution is -2.05. The van der Waals surface area contributed by atoms with E-state index < -0.39 is 0 Å². The highest BCUT2D eigenvalue weighted by molar-refractivity contribution is 5.87. The molecule has 130 valence electrons. The third kappa shape index (κ3) is 3.66. The monoisotopic (exact) mass is 338 g/mol. The van der Waals surface area contributed by atoms with Crippen molar-refractivity contribution in [2.45, 2.75) is 39.2 Å². The summed E-state index contributed by atoms with van der Waals surface area (Å²) in [5.41, 5.74) is 1.38. The van der Waals surface area contributed by atoms with E-state index in [0.717, 1.165) is 37.2 Å². The van der Waals surface area contributed by atoms with Gasteiger partial charge in [-0.2, -0.15) is 5.26 Å². The molecule has 2 aromatic rings. The number of nitriles is 1. The van der Waals surface area contributed by atoms with Gasteiger partial charge < -0.3 is 14.0 Å². The van der Waals surface area contributed by atoms with E-state index in [2.05, 4.69) is 20.8 Å². The SMILES string of the molecule is CCOc1cc(/C=C(\C#N)c2nnc3n2CCCCC3)ccc1OC. The summed E-state index contributed by atoms with van der Waals surface area (Å²) in [6, 6.07) is 7.89. The summed E-state index contributed by atoms with van der Waals surface area (Å²) in [6.45, 7) is 3.34. The van der Waals surface area contributed by atoms with Crippen molar-refractivity contribution in [3.8, 4) is 17.6 Å². The average molecular weight is 338 g/mol. The number of allylic oxidation sites excluding steroid dienone is 1. The summed E-state index contributed by atoms with van der Waals surface area (Å²) >= 11 is 0. The van der Waals surface area contributed by atoms with Crippen LogP contribution in [0.2, 0.25) is 0 Å². The Morgan fingerprint density at radius 1 is 1.28 bits per heavy atom. The molecule has 0 bridgehead atoms. The zero-order valence-electron chi connectivity index (χ0n) is 14.7. The van der Waals surface area contributed by atoms with E-state index in [4.69, 9.17) is 9.47 Å².